The molecule has 38 heavy (non-hydrogen) atoms. The van der Waals surface area contributed by atoms with Gasteiger partial charge in [0.05, 0.1) is 18.9 Å². The van der Waals surface area contributed by atoms with Crippen molar-refractivity contribution in [3.05, 3.63) is 64.3 Å². The largest absolute Gasteiger partial charge is 0.493 e. The van der Waals surface area contributed by atoms with Crippen LogP contribution < -0.4 is 9.47 Å². The zero-order valence-electron chi connectivity index (χ0n) is 22.3. The van der Waals surface area contributed by atoms with Crippen LogP contribution in [0, 0.1) is 0 Å². The van der Waals surface area contributed by atoms with Gasteiger partial charge < -0.3 is 19.1 Å². The van der Waals surface area contributed by atoms with E-state index in [0.29, 0.717) is 13.2 Å². The monoisotopic (exact) mass is 532 g/mol. The van der Waals surface area contributed by atoms with E-state index in [9.17, 15) is 9.90 Å². The second-order valence-corrected chi connectivity index (χ2v) is 11.0. The Morgan fingerprint density at radius 1 is 1.05 bits per heavy atom. The first-order chi connectivity index (χ1) is 18.6. The molecule has 0 radical (unpaired) electrons. The van der Waals surface area contributed by atoms with Crippen LogP contribution in [-0.2, 0) is 37.0 Å². The molecular weight excluding hydrogens is 496 g/mol. The Balaban J connectivity index is 1.18. The molecule has 0 saturated heterocycles. The maximum absolute atomic E-state index is 11.2. The van der Waals surface area contributed by atoms with Gasteiger partial charge >= 0.3 is 5.97 Å². The lowest BCUT2D eigenvalue weighted by Crippen LogP contribution is -2.07. The summed E-state index contributed by atoms with van der Waals surface area (Å²) in [5, 5.41) is 11.4. The van der Waals surface area contributed by atoms with Crippen molar-refractivity contribution in [1.29, 1.82) is 0 Å². The Bertz CT molecular complexity index is 1400. The van der Waals surface area contributed by atoms with E-state index in [4.69, 9.17) is 14.5 Å². The second kappa shape index (κ2) is 12.0. The molecule has 6 nitrogen and oxygen atoms in total. The smallest absolute Gasteiger partial charge is 0.323 e. The number of aryl methyl sites for hydroxylation is 4. The highest BCUT2D eigenvalue weighted by Gasteiger charge is 2.17. The number of nitrogens with zero attached hydrogens (tertiary/aromatic N) is 2. The topological polar surface area (TPSA) is 73.6 Å². The Morgan fingerprint density at radius 3 is 2.68 bits per heavy atom. The standard InChI is InChI=1S/C31H36N2O4S/c1-3-8-22-17-23(31-32-26-9-5-6-10-29(26)38-31)11-14-28(22)37-16-7-15-36-24-12-13-27-25(18-24)21(4-2)19-33(27)20-30(34)35/h11-14,17-19H,3-10,15-16,20H2,1-2H3,(H,34,35). The third-order valence-electron chi connectivity index (χ3n) is 7.11. The number of carbonyl (C=O) groups is 1. The summed E-state index contributed by atoms with van der Waals surface area (Å²) >= 11 is 1.85. The summed E-state index contributed by atoms with van der Waals surface area (Å²) in [6, 6.07) is 12.4. The Morgan fingerprint density at radius 2 is 1.89 bits per heavy atom. The van der Waals surface area contributed by atoms with Crippen molar-refractivity contribution in [3.63, 3.8) is 0 Å². The number of aromatic nitrogens is 2. The van der Waals surface area contributed by atoms with E-state index >= 15 is 0 Å². The highest BCUT2D eigenvalue weighted by Crippen LogP contribution is 2.35. The molecule has 2 aromatic carbocycles. The predicted octanol–water partition coefficient (Wildman–Crippen LogP) is 7.09. The van der Waals surface area contributed by atoms with Gasteiger partial charge in [0.1, 0.15) is 23.1 Å². The molecule has 1 N–H and O–H groups in total. The van der Waals surface area contributed by atoms with Gasteiger partial charge in [-0.05, 0) is 86.1 Å². The Hall–Kier alpha value is -3.32. The Labute approximate surface area is 228 Å². The third kappa shape index (κ3) is 5.88. The maximum atomic E-state index is 11.2. The molecule has 7 heteroatoms. The number of carboxylic acid groups (broad SMARTS) is 1. The van der Waals surface area contributed by atoms with Gasteiger partial charge in [-0.15, -0.1) is 11.3 Å². The summed E-state index contributed by atoms with van der Waals surface area (Å²) in [5.41, 5.74) is 5.78. The maximum Gasteiger partial charge on any atom is 0.323 e. The fourth-order valence-electron chi connectivity index (χ4n) is 5.22. The number of hydrogen-bond acceptors (Lipinski definition) is 5. The first-order valence-corrected chi connectivity index (χ1v) is 14.6. The van der Waals surface area contributed by atoms with Crippen molar-refractivity contribution in [3.8, 4) is 22.1 Å². The van der Waals surface area contributed by atoms with E-state index in [0.717, 1.165) is 65.1 Å². The van der Waals surface area contributed by atoms with Crippen molar-refractivity contribution in [2.45, 2.75) is 71.8 Å². The number of fused-ring (bicyclic) bond motifs is 2. The van der Waals surface area contributed by atoms with Crippen LogP contribution in [0.2, 0.25) is 0 Å². The van der Waals surface area contributed by atoms with E-state index in [-0.39, 0.29) is 6.54 Å². The first-order valence-electron chi connectivity index (χ1n) is 13.8. The molecule has 0 aliphatic heterocycles. The van der Waals surface area contributed by atoms with E-state index < -0.39 is 5.97 Å². The molecule has 0 unspecified atom stereocenters. The lowest BCUT2D eigenvalue weighted by atomic mass is 10.0. The number of carboxylic acids is 1. The number of rotatable bonds is 12. The summed E-state index contributed by atoms with van der Waals surface area (Å²) in [7, 11) is 0. The van der Waals surface area contributed by atoms with Gasteiger partial charge in [0.2, 0.25) is 0 Å². The molecule has 4 aromatic rings. The average molecular weight is 533 g/mol. The third-order valence-corrected chi connectivity index (χ3v) is 8.32. The molecule has 1 aliphatic carbocycles. The van der Waals surface area contributed by atoms with Gasteiger partial charge in [0, 0.05) is 34.0 Å². The zero-order valence-corrected chi connectivity index (χ0v) is 23.1. The minimum Gasteiger partial charge on any atom is -0.493 e. The van der Waals surface area contributed by atoms with Crippen molar-refractivity contribution < 1.29 is 19.4 Å². The van der Waals surface area contributed by atoms with Crippen LogP contribution in [0.15, 0.2) is 42.6 Å². The fourth-order valence-corrected chi connectivity index (χ4v) is 6.37. The molecule has 2 aromatic heterocycles. The van der Waals surface area contributed by atoms with Crippen LogP contribution in [0.5, 0.6) is 11.5 Å². The first kappa shape index (κ1) is 26.3. The molecule has 0 saturated carbocycles. The highest BCUT2D eigenvalue weighted by atomic mass is 32.1. The molecule has 0 bridgehead atoms. The van der Waals surface area contributed by atoms with Gasteiger partial charge in [0.25, 0.3) is 0 Å². The van der Waals surface area contributed by atoms with Crippen molar-refractivity contribution in [1.82, 2.24) is 9.55 Å². The lowest BCUT2D eigenvalue weighted by Gasteiger charge is -2.13. The van der Waals surface area contributed by atoms with E-state index in [1.54, 1.807) is 4.57 Å². The van der Waals surface area contributed by atoms with E-state index in [1.165, 1.54) is 41.0 Å². The van der Waals surface area contributed by atoms with Gasteiger partial charge in [0.15, 0.2) is 0 Å². The van der Waals surface area contributed by atoms with E-state index in [1.807, 2.05) is 35.7 Å². The predicted molar refractivity (Wildman–Crippen MR) is 153 cm³/mol. The fraction of sp³-hybridized carbons (Fsp3) is 0.419. The second-order valence-electron chi connectivity index (χ2n) is 9.93. The number of aliphatic carboxylic acids is 1. The van der Waals surface area contributed by atoms with Crippen LogP contribution in [-0.4, -0.2) is 33.8 Å². The lowest BCUT2D eigenvalue weighted by molar-refractivity contribution is -0.137. The quantitative estimate of drug-likeness (QED) is 0.197. The van der Waals surface area contributed by atoms with Crippen LogP contribution in [0.25, 0.3) is 21.5 Å². The summed E-state index contributed by atoms with van der Waals surface area (Å²) in [5.74, 6) is 0.900. The number of benzene rings is 2. The van der Waals surface area contributed by atoms with Gasteiger partial charge in [-0.25, -0.2) is 4.98 Å². The number of thiazole rings is 1. The van der Waals surface area contributed by atoms with Crippen LogP contribution in [0.1, 0.15) is 61.2 Å². The summed E-state index contributed by atoms with van der Waals surface area (Å²) < 4.78 is 14.0. The molecule has 0 fully saturated rings. The number of ether oxygens (including phenoxy) is 2. The SMILES string of the molecule is CCCc1cc(-c2nc3c(s2)CCCC3)ccc1OCCCOc1ccc2c(c1)c(CC)cn2CC(=O)O. The molecule has 5 rings (SSSR count). The summed E-state index contributed by atoms with van der Waals surface area (Å²) in [4.78, 5) is 17.6. The van der Waals surface area contributed by atoms with Crippen molar-refractivity contribution >= 4 is 28.2 Å². The highest BCUT2D eigenvalue weighted by molar-refractivity contribution is 7.15. The van der Waals surface area contributed by atoms with Crippen LogP contribution in [0.4, 0.5) is 0 Å². The van der Waals surface area contributed by atoms with Gasteiger partial charge in [-0.2, -0.15) is 0 Å². The Kier molecular flexibility index (Phi) is 8.32. The average Bonchev–Trinajstić information content (AvgIpc) is 3.50. The molecule has 0 amide bonds. The summed E-state index contributed by atoms with van der Waals surface area (Å²) in [6.45, 7) is 5.37. The zero-order chi connectivity index (χ0) is 26.5. The van der Waals surface area contributed by atoms with Crippen molar-refractivity contribution in [2.75, 3.05) is 13.2 Å². The molecule has 200 valence electrons. The normalized spacial score (nSPS) is 13.0. The molecular formula is C31H36N2O4S. The molecule has 2 heterocycles. The molecule has 1 aliphatic rings. The van der Waals surface area contributed by atoms with Crippen LogP contribution >= 0.6 is 11.3 Å². The minimum atomic E-state index is -0.844. The number of hydrogen-bond donors (Lipinski definition) is 1. The van der Waals surface area contributed by atoms with E-state index in [2.05, 4.69) is 32.0 Å². The van der Waals surface area contributed by atoms with Gasteiger partial charge in [-0.3, -0.25) is 4.79 Å². The minimum absolute atomic E-state index is 0.0407. The van der Waals surface area contributed by atoms with Gasteiger partial charge in [-0.1, -0.05) is 20.3 Å². The summed E-state index contributed by atoms with van der Waals surface area (Å²) in [6.07, 6.45) is 10.4. The van der Waals surface area contributed by atoms with Crippen molar-refractivity contribution in [2.24, 2.45) is 0 Å². The molecule has 0 atom stereocenters. The van der Waals surface area contributed by atoms with Crippen LogP contribution in [0.3, 0.4) is 0 Å². The molecule has 0 spiro atoms.